The number of nitrogens with one attached hydrogen (secondary N) is 1. The molecule has 2 N–H and O–H groups in total. The van der Waals surface area contributed by atoms with Crippen molar-refractivity contribution in [1.29, 1.82) is 0 Å². The maximum Gasteiger partial charge on any atom is 0.420 e. The number of hydrogen-bond acceptors (Lipinski definition) is 6. The lowest BCUT2D eigenvalue weighted by Crippen LogP contribution is -2.43. The van der Waals surface area contributed by atoms with E-state index < -0.39 is 23.7 Å². The van der Waals surface area contributed by atoms with Crippen molar-refractivity contribution in [3.8, 4) is 0 Å². The Morgan fingerprint density at radius 2 is 1.93 bits per heavy atom. The Hall–Kier alpha value is -2.94. The van der Waals surface area contributed by atoms with E-state index in [1.54, 1.807) is 6.07 Å². The molecule has 9 heteroatoms. The second-order valence-corrected chi connectivity index (χ2v) is 7.38. The minimum absolute atomic E-state index is 0.0510. The van der Waals surface area contributed by atoms with Gasteiger partial charge in [0, 0.05) is 6.42 Å². The van der Waals surface area contributed by atoms with Crippen LogP contribution >= 0.6 is 0 Å². The molecule has 9 nitrogen and oxygen atoms in total. The zero-order chi connectivity index (χ0) is 19.8. The number of aromatic nitrogens is 1. The van der Waals surface area contributed by atoms with Gasteiger partial charge in [0.15, 0.2) is 5.58 Å². The molecule has 3 heterocycles. The minimum Gasteiger partial charge on any atom is -0.480 e. The molecule has 0 spiro atoms. The summed E-state index contributed by atoms with van der Waals surface area (Å²) in [5, 5.41) is 11.2. The zero-order valence-corrected chi connectivity index (χ0v) is 15.2. The van der Waals surface area contributed by atoms with E-state index in [1.807, 2.05) is 17.0 Å². The molecule has 1 aromatic carbocycles. The van der Waals surface area contributed by atoms with Crippen molar-refractivity contribution in [1.82, 2.24) is 14.8 Å². The molecule has 0 aliphatic carbocycles. The lowest BCUT2D eigenvalue weighted by Gasteiger charge is -2.31. The van der Waals surface area contributed by atoms with Gasteiger partial charge >= 0.3 is 11.7 Å². The third-order valence-corrected chi connectivity index (χ3v) is 5.58. The van der Waals surface area contributed by atoms with E-state index in [4.69, 9.17) is 9.52 Å². The highest BCUT2D eigenvalue weighted by Gasteiger charge is 2.31. The molecule has 2 amide bonds. The Morgan fingerprint density at radius 1 is 1.18 bits per heavy atom. The second kappa shape index (κ2) is 7.23. The van der Waals surface area contributed by atoms with Gasteiger partial charge < -0.3 is 9.52 Å². The molecule has 1 atom stereocenters. The van der Waals surface area contributed by atoms with Crippen molar-refractivity contribution in [2.75, 3.05) is 19.6 Å². The Morgan fingerprint density at radius 3 is 2.61 bits per heavy atom. The predicted octanol–water partition coefficient (Wildman–Crippen LogP) is 0.836. The monoisotopic (exact) mass is 387 g/mol. The summed E-state index contributed by atoms with van der Waals surface area (Å²) in [4.78, 5) is 48.6. The van der Waals surface area contributed by atoms with Crippen LogP contribution in [-0.2, 0) is 14.4 Å². The number of carbonyl (C=O) groups excluding carboxylic acids is 2. The Bertz CT molecular complexity index is 999. The van der Waals surface area contributed by atoms with Crippen molar-refractivity contribution in [3.05, 3.63) is 34.3 Å². The fraction of sp³-hybridized carbons (Fsp3) is 0.474. The number of fused-ring (bicyclic) bond motifs is 1. The summed E-state index contributed by atoms with van der Waals surface area (Å²) in [7, 11) is 0. The number of carbonyl (C=O) groups is 3. The molecule has 0 radical (unpaired) electrons. The minimum atomic E-state index is -0.823. The van der Waals surface area contributed by atoms with Gasteiger partial charge in [0.25, 0.3) is 0 Å². The normalized spacial score (nSPS) is 21.8. The number of carboxylic acids is 1. The van der Waals surface area contributed by atoms with E-state index in [2.05, 4.69) is 5.32 Å². The smallest absolute Gasteiger partial charge is 0.420 e. The van der Waals surface area contributed by atoms with Crippen LogP contribution < -0.4 is 11.1 Å². The van der Waals surface area contributed by atoms with Crippen LogP contribution in [0.4, 0.5) is 0 Å². The third-order valence-electron chi connectivity index (χ3n) is 5.58. The summed E-state index contributed by atoms with van der Waals surface area (Å²) in [6, 6.07) is 4.79. The van der Waals surface area contributed by atoms with E-state index in [1.165, 1.54) is 4.57 Å². The van der Waals surface area contributed by atoms with Gasteiger partial charge in [-0.05, 0) is 56.0 Å². The van der Waals surface area contributed by atoms with Crippen molar-refractivity contribution in [3.63, 3.8) is 0 Å². The summed E-state index contributed by atoms with van der Waals surface area (Å²) in [5.41, 5.74) is 1.98. The Balaban J connectivity index is 1.56. The average molecular weight is 387 g/mol. The van der Waals surface area contributed by atoms with E-state index in [0.29, 0.717) is 24.2 Å². The standard InChI is InChI=1S/C19H21N3O6/c23-16-4-3-14(18(26)20-16)22-13-2-1-12(9-15(13)28-19(22)27)11-5-7-21(8-6-11)10-17(24)25/h1-2,9,11,14H,3-8,10H2,(H,24,25)(H,20,23,26). The summed E-state index contributed by atoms with van der Waals surface area (Å²) >= 11 is 0. The van der Waals surface area contributed by atoms with Gasteiger partial charge in [-0.1, -0.05) is 6.07 Å². The number of hydrogen-bond donors (Lipinski definition) is 2. The van der Waals surface area contributed by atoms with Crippen LogP contribution in [0.25, 0.3) is 11.1 Å². The van der Waals surface area contributed by atoms with Crippen LogP contribution in [0.1, 0.15) is 43.2 Å². The van der Waals surface area contributed by atoms with Crippen LogP contribution in [0.3, 0.4) is 0 Å². The van der Waals surface area contributed by atoms with Gasteiger partial charge in [-0.15, -0.1) is 0 Å². The first kappa shape index (κ1) is 18.4. The maximum absolute atomic E-state index is 12.4. The number of likely N-dealkylation sites (tertiary alicyclic amines) is 1. The molecule has 2 aliphatic heterocycles. The Kier molecular flexibility index (Phi) is 4.76. The number of piperidine rings is 2. The quantitative estimate of drug-likeness (QED) is 0.745. The molecule has 148 valence electrons. The summed E-state index contributed by atoms with van der Waals surface area (Å²) in [6.45, 7) is 1.46. The fourth-order valence-corrected chi connectivity index (χ4v) is 4.15. The van der Waals surface area contributed by atoms with Crippen LogP contribution in [0, 0.1) is 0 Å². The van der Waals surface area contributed by atoms with Crippen LogP contribution in [0.15, 0.2) is 27.4 Å². The molecule has 1 aromatic heterocycles. The van der Waals surface area contributed by atoms with E-state index >= 15 is 0 Å². The van der Waals surface area contributed by atoms with Crippen LogP contribution in [0.5, 0.6) is 0 Å². The molecule has 2 fully saturated rings. The van der Waals surface area contributed by atoms with Crippen LogP contribution in [-0.4, -0.2) is 52.0 Å². The van der Waals surface area contributed by atoms with E-state index in [-0.39, 0.29) is 31.2 Å². The number of amides is 2. The zero-order valence-electron chi connectivity index (χ0n) is 15.2. The summed E-state index contributed by atoms with van der Waals surface area (Å²) in [6.07, 6.45) is 2.11. The number of rotatable bonds is 4. The second-order valence-electron chi connectivity index (χ2n) is 7.38. The first-order valence-corrected chi connectivity index (χ1v) is 9.35. The van der Waals surface area contributed by atoms with Gasteiger partial charge in [0.1, 0.15) is 6.04 Å². The number of carboxylic acid groups (broad SMARTS) is 1. The molecule has 0 saturated carbocycles. The van der Waals surface area contributed by atoms with Crippen molar-refractivity contribution in [2.24, 2.45) is 0 Å². The van der Waals surface area contributed by atoms with Gasteiger partial charge in [0.05, 0.1) is 12.1 Å². The van der Waals surface area contributed by atoms with Crippen molar-refractivity contribution >= 4 is 28.9 Å². The maximum atomic E-state index is 12.4. The first-order valence-electron chi connectivity index (χ1n) is 9.35. The summed E-state index contributed by atoms with van der Waals surface area (Å²) < 4.78 is 6.70. The fourth-order valence-electron chi connectivity index (χ4n) is 4.15. The molecule has 28 heavy (non-hydrogen) atoms. The SMILES string of the molecule is O=C(O)CN1CCC(c2ccc3c(c2)oc(=O)n3C2CCC(=O)NC2=O)CC1. The van der Waals surface area contributed by atoms with Crippen LogP contribution in [0.2, 0.25) is 0 Å². The van der Waals surface area contributed by atoms with E-state index in [0.717, 1.165) is 18.4 Å². The molecule has 2 aliphatic rings. The number of aliphatic carboxylic acids is 1. The third kappa shape index (κ3) is 3.45. The highest BCUT2D eigenvalue weighted by Crippen LogP contribution is 2.31. The molecule has 2 aromatic rings. The first-order chi connectivity index (χ1) is 13.4. The Labute approximate surface area is 159 Å². The highest BCUT2D eigenvalue weighted by atomic mass is 16.4. The molecule has 0 bridgehead atoms. The molecular formula is C19H21N3O6. The van der Waals surface area contributed by atoms with Gasteiger partial charge in [0.2, 0.25) is 11.8 Å². The van der Waals surface area contributed by atoms with Crippen molar-refractivity contribution in [2.45, 2.75) is 37.6 Å². The lowest BCUT2D eigenvalue weighted by molar-refractivity contribution is -0.139. The highest BCUT2D eigenvalue weighted by molar-refractivity contribution is 6.00. The van der Waals surface area contributed by atoms with Gasteiger partial charge in [-0.3, -0.25) is 29.2 Å². The lowest BCUT2D eigenvalue weighted by atomic mass is 9.89. The topological polar surface area (TPSA) is 122 Å². The predicted molar refractivity (Wildman–Crippen MR) is 97.9 cm³/mol. The summed E-state index contributed by atoms with van der Waals surface area (Å²) in [5.74, 6) is -2.00. The van der Waals surface area contributed by atoms with Crippen molar-refractivity contribution < 1.29 is 23.9 Å². The molecular weight excluding hydrogens is 366 g/mol. The number of nitrogens with zero attached hydrogens (tertiary/aromatic N) is 2. The molecule has 4 rings (SSSR count). The average Bonchev–Trinajstić information content (AvgIpc) is 2.97. The van der Waals surface area contributed by atoms with E-state index in [9.17, 15) is 19.2 Å². The van der Waals surface area contributed by atoms with Gasteiger partial charge in [-0.2, -0.15) is 0 Å². The number of oxazole rings is 1. The number of benzene rings is 1. The molecule has 2 saturated heterocycles. The molecule has 1 unspecified atom stereocenters. The number of imide groups is 1. The largest absolute Gasteiger partial charge is 0.480 e. The van der Waals surface area contributed by atoms with Gasteiger partial charge in [-0.25, -0.2) is 4.79 Å².